The highest BCUT2D eigenvalue weighted by Crippen LogP contribution is 2.38. The molecule has 10 heteroatoms. The van der Waals surface area contributed by atoms with E-state index >= 15 is 0 Å². The van der Waals surface area contributed by atoms with Crippen LogP contribution in [0.2, 0.25) is 0 Å². The third-order valence-corrected chi connectivity index (χ3v) is 8.37. The number of hydrogen-bond donors (Lipinski definition) is 0. The molecule has 42 heavy (non-hydrogen) atoms. The minimum atomic E-state index is -4.04. The maximum atomic E-state index is 13.0. The van der Waals surface area contributed by atoms with Crippen molar-refractivity contribution in [3.63, 3.8) is 0 Å². The van der Waals surface area contributed by atoms with E-state index in [1.165, 1.54) is 19.1 Å². The van der Waals surface area contributed by atoms with Crippen LogP contribution in [0.25, 0.3) is 0 Å². The van der Waals surface area contributed by atoms with E-state index in [-0.39, 0.29) is 37.6 Å². The molecule has 0 unspecified atom stereocenters. The van der Waals surface area contributed by atoms with Gasteiger partial charge in [0.2, 0.25) is 0 Å². The van der Waals surface area contributed by atoms with Crippen LogP contribution < -0.4 is 0 Å². The van der Waals surface area contributed by atoms with Gasteiger partial charge < -0.3 is 23.7 Å². The lowest BCUT2D eigenvalue weighted by Gasteiger charge is -2.26. The predicted molar refractivity (Wildman–Crippen MR) is 154 cm³/mol. The molecule has 1 fully saturated rings. The van der Waals surface area contributed by atoms with Gasteiger partial charge >= 0.3 is 5.97 Å². The average molecular weight is 599 g/mol. The third kappa shape index (κ3) is 9.72. The van der Waals surface area contributed by atoms with Gasteiger partial charge in [-0.05, 0) is 30.2 Å². The lowest BCUT2D eigenvalue weighted by Crippen LogP contribution is -2.33. The predicted octanol–water partition coefficient (Wildman–Crippen LogP) is 5.02. The first-order valence-corrected chi connectivity index (χ1v) is 15.3. The third-order valence-electron chi connectivity index (χ3n) is 7.08. The van der Waals surface area contributed by atoms with Crippen LogP contribution in [0.15, 0.2) is 89.8 Å². The summed E-state index contributed by atoms with van der Waals surface area (Å²) >= 11 is 0. The van der Waals surface area contributed by atoms with Gasteiger partial charge in [-0.25, -0.2) is 0 Å². The molecule has 3 aromatic rings. The molecule has 0 N–H and O–H groups in total. The average Bonchev–Trinajstić information content (AvgIpc) is 3.30. The van der Waals surface area contributed by atoms with Gasteiger partial charge in [-0.1, -0.05) is 78.4 Å². The molecule has 9 nitrogen and oxygen atoms in total. The van der Waals surface area contributed by atoms with Crippen LogP contribution in [0.4, 0.5) is 0 Å². The number of esters is 1. The SMILES string of the molecule is CC(=O)O[C@@H]1C[C@H](OCOCc2ccccc2)[C@@H](COCOCc2ccccc2)[C@@H]1COS(=O)(=O)c1ccc(C)cc1. The van der Waals surface area contributed by atoms with E-state index in [0.717, 1.165) is 16.7 Å². The van der Waals surface area contributed by atoms with Gasteiger partial charge in [0.05, 0.1) is 37.4 Å². The molecule has 1 aliphatic carbocycles. The van der Waals surface area contributed by atoms with Crippen LogP contribution in [0.3, 0.4) is 0 Å². The van der Waals surface area contributed by atoms with Crippen molar-refractivity contribution in [1.29, 1.82) is 0 Å². The minimum absolute atomic E-state index is 0.00258. The molecule has 1 saturated carbocycles. The maximum absolute atomic E-state index is 13.0. The van der Waals surface area contributed by atoms with Gasteiger partial charge in [-0.3, -0.25) is 8.98 Å². The van der Waals surface area contributed by atoms with Gasteiger partial charge in [0, 0.05) is 25.2 Å². The lowest BCUT2D eigenvalue weighted by atomic mass is 9.95. The number of carbonyl (C=O) groups is 1. The molecule has 0 saturated heterocycles. The Morgan fingerprint density at radius 1 is 0.738 bits per heavy atom. The zero-order valence-electron chi connectivity index (χ0n) is 23.9. The van der Waals surface area contributed by atoms with Crippen molar-refractivity contribution in [2.45, 2.75) is 50.6 Å². The second kappa shape index (κ2) is 15.9. The summed E-state index contributed by atoms with van der Waals surface area (Å²) in [7, 11) is -4.04. The summed E-state index contributed by atoms with van der Waals surface area (Å²) in [5.74, 6) is -1.34. The maximum Gasteiger partial charge on any atom is 0.302 e. The van der Waals surface area contributed by atoms with Gasteiger partial charge in [0.15, 0.2) is 0 Å². The normalized spacial score (nSPS) is 20.4. The molecule has 0 amide bonds. The van der Waals surface area contributed by atoms with Crippen LogP contribution in [0.5, 0.6) is 0 Å². The standard InChI is InChI=1S/C32H38O9S/c1-24-13-15-28(16-14-24)42(34,35)40-21-30-29(20-38-22-36-18-26-9-5-3-6-10-26)31(17-32(30)41-25(2)33)39-23-37-19-27-11-7-4-8-12-27/h3-16,29-32H,17-23H2,1-2H3/t29-,30-,31-,32+/m0/s1. The highest BCUT2D eigenvalue weighted by molar-refractivity contribution is 7.86. The van der Waals surface area contributed by atoms with Gasteiger partial charge in [0.1, 0.15) is 19.7 Å². The van der Waals surface area contributed by atoms with E-state index in [9.17, 15) is 13.2 Å². The van der Waals surface area contributed by atoms with Crippen molar-refractivity contribution in [3.8, 4) is 0 Å². The van der Waals surface area contributed by atoms with Crippen LogP contribution in [0.1, 0.15) is 30.0 Å². The Kier molecular flexibility index (Phi) is 12.1. The van der Waals surface area contributed by atoms with E-state index in [1.807, 2.05) is 67.6 Å². The van der Waals surface area contributed by atoms with E-state index in [2.05, 4.69) is 0 Å². The summed E-state index contributed by atoms with van der Waals surface area (Å²) in [4.78, 5) is 12.0. The Hall–Kier alpha value is -3.12. The molecule has 0 aromatic heterocycles. The van der Waals surface area contributed by atoms with Crippen LogP contribution in [0, 0.1) is 18.8 Å². The van der Waals surface area contributed by atoms with Crippen molar-refractivity contribution < 1.29 is 41.1 Å². The number of rotatable bonds is 16. The van der Waals surface area contributed by atoms with Gasteiger partial charge in [-0.15, -0.1) is 0 Å². The van der Waals surface area contributed by atoms with Crippen LogP contribution in [-0.4, -0.2) is 53.4 Å². The van der Waals surface area contributed by atoms with Crippen LogP contribution >= 0.6 is 0 Å². The fraction of sp³-hybridized carbons (Fsp3) is 0.406. The number of ether oxygens (including phenoxy) is 5. The summed E-state index contributed by atoms with van der Waals surface area (Å²) in [6.07, 6.45) is -0.727. The molecule has 0 spiro atoms. The largest absolute Gasteiger partial charge is 0.462 e. The monoisotopic (exact) mass is 598 g/mol. The Balaban J connectivity index is 1.41. The van der Waals surface area contributed by atoms with Crippen LogP contribution in [-0.2, 0) is 56.0 Å². The first-order chi connectivity index (χ1) is 20.3. The molecule has 1 aliphatic rings. The Labute approximate surface area is 247 Å². The quantitative estimate of drug-likeness (QED) is 0.0973. The molecule has 4 atom stereocenters. The van der Waals surface area contributed by atoms with Crippen molar-refractivity contribution in [3.05, 3.63) is 102 Å². The number of benzene rings is 3. The van der Waals surface area contributed by atoms with E-state index in [4.69, 9.17) is 27.9 Å². The fourth-order valence-electron chi connectivity index (χ4n) is 4.92. The summed E-state index contributed by atoms with van der Waals surface area (Å²) in [5, 5.41) is 0. The summed E-state index contributed by atoms with van der Waals surface area (Å²) in [6.45, 7) is 3.94. The topological polar surface area (TPSA) is 107 Å². The first-order valence-electron chi connectivity index (χ1n) is 13.9. The Bertz CT molecular complexity index is 1330. The molecule has 3 aromatic carbocycles. The highest BCUT2D eigenvalue weighted by atomic mass is 32.2. The minimum Gasteiger partial charge on any atom is -0.462 e. The summed E-state index contributed by atoms with van der Waals surface area (Å²) in [6, 6.07) is 25.9. The molecule has 0 aliphatic heterocycles. The Morgan fingerprint density at radius 3 is 1.90 bits per heavy atom. The lowest BCUT2D eigenvalue weighted by molar-refractivity contribution is -0.149. The smallest absolute Gasteiger partial charge is 0.302 e. The van der Waals surface area contributed by atoms with Crippen molar-refractivity contribution >= 4 is 16.1 Å². The zero-order chi connectivity index (χ0) is 29.8. The number of hydrogen-bond acceptors (Lipinski definition) is 9. The molecule has 0 radical (unpaired) electrons. The summed E-state index contributed by atoms with van der Waals surface area (Å²) in [5.41, 5.74) is 2.95. The molecule has 4 rings (SSSR count). The molecule has 226 valence electrons. The fourth-order valence-corrected chi connectivity index (χ4v) is 5.86. The van der Waals surface area contributed by atoms with Crippen molar-refractivity contribution in [2.24, 2.45) is 11.8 Å². The Morgan fingerprint density at radius 2 is 1.31 bits per heavy atom. The van der Waals surface area contributed by atoms with E-state index in [1.54, 1.807) is 12.1 Å². The second-order valence-corrected chi connectivity index (χ2v) is 11.9. The molecular formula is C32H38O9S. The second-order valence-electron chi connectivity index (χ2n) is 10.2. The van der Waals surface area contributed by atoms with E-state index in [0.29, 0.717) is 19.6 Å². The molecule has 0 heterocycles. The first kappa shape index (κ1) is 31.8. The van der Waals surface area contributed by atoms with Crippen molar-refractivity contribution in [1.82, 2.24) is 0 Å². The zero-order valence-corrected chi connectivity index (χ0v) is 24.7. The van der Waals surface area contributed by atoms with Crippen molar-refractivity contribution in [2.75, 3.05) is 26.8 Å². The number of carbonyl (C=O) groups excluding carboxylic acids is 1. The van der Waals surface area contributed by atoms with E-state index < -0.39 is 34.2 Å². The van der Waals surface area contributed by atoms with Gasteiger partial charge in [-0.2, -0.15) is 8.42 Å². The molecular weight excluding hydrogens is 560 g/mol. The number of aryl methyl sites for hydroxylation is 1. The molecule has 0 bridgehead atoms. The van der Waals surface area contributed by atoms with Gasteiger partial charge in [0.25, 0.3) is 10.1 Å². The highest BCUT2D eigenvalue weighted by Gasteiger charge is 2.46. The summed E-state index contributed by atoms with van der Waals surface area (Å²) < 4.78 is 60.4.